The number of rotatable bonds is 6. The van der Waals surface area contributed by atoms with Gasteiger partial charge in [0, 0.05) is 65.8 Å². The number of benzene rings is 9. The summed E-state index contributed by atoms with van der Waals surface area (Å²) in [5, 5.41) is 6.11. The molecule has 4 nitrogen and oxygen atoms in total. The van der Waals surface area contributed by atoms with Gasteiger partial charge in [0.25, 0.3) is 0 Å². The van der Waals surface area contributed by atoms with Gasteiger partial charge in [-0.15, -0.1) is 0 Å². The van der Waals surface area contributed by atoms with Gasteiger partial charge in [-0.1, -0.05) is 163 Å². The average Bonchev–Trinajstić information content (AvgIpc) is 4.29. The maximum Gasteiger partial charge on any atom is 0.0641 e. The van der Waals surface area contributed by atoms with Crippen molar-refractivity contribution in [3.63, 3.8) is 0 Å². The summed E-state index contributed by atoms with van der Waals surface area (Å²) < 4.78 is 95.5. The normalized spacial score (nSPS) is 14.8. The highest BCUT2D eigenvalue weighted by Crippen LogP contribution is 2.52. The molecule has 4 heterocycles. The fourth-order valence-corrected chi connectivity index (χ4v) is 10.7. The van der Waals surface area contributed by atoms with Crippen LogP contribution in [0, 0.1) is 0 Å². The molecule has 0 spiro atoms. The second-order valence-electron chi connectivity index (χ2n) is 19.4. The van der Waals surface area contributed by atoms with E-state index in [0.29, 0.717) is 57.1 Å². The highest BCUT2D eigenvalue weighted by Gasteiger charge is 2.31. The van der Waals surface area contributed by atoms with Crippen LogP contribution < -0.4 is 9.80 Å². The number of para-hydroxylation sites is 6. The molecule has 0 fully saturated rings. The van der Waals surface area contributed by atoms with Gasteiger partial charge in [0.15, 0.2) is 0 Å². The van der Waals surface area contributed by atoms with Gasteiger partial charge < -0.3 is 18.6 Å². The molecule has 0 bridgehead atoms. The summed E-state index contributed by atoms with van der Waals surface area (Å²) in [4.78, 5) is 4.15. The van der Waals surface area contributed by atoms with Crippen molar-refractivity contribution < 1.29 is 13.7 Å². The third-order valence-electron chi connectivity index (χ3n) is 13.4. The van der Waals surface area contributed by atoms with E-state index in [0.717, 1.165) is 88.5 Å². The van der Waals surface area contributed by atoms with E-state index < -0.39 is 10.8 Å². The van der Waals surface area contributed by atoms with Gasteiger partial charge in [-0.05, 0) is 94.8 Å². The lowest BCUT2D eigenvalue weighted by atomic mass is 9.85. The standard InChI is InChI=1S/C62H50N4/c1-61(2,3)49-31-19-29-45-55-51(63(39-21-11-7-12-22-39)40-23-13-8-14-24-40)35-33-43-47-38-54-48(37-53(47)65(57(45)49)59(43)55)44-34-36-52(64(41-25-15-9-16-26-41)42-27-17-10-18-28-42)56-46-30-20-32-50(62(4,5)6)58(46)66(54)60(44)56/h7-38H,1-6H3/i7D,8D,9D,10D,19D,20D,29D,30D,31D,32D. The van der Waals surface area contributed by atoms with Crippen molar-refractivity contribution in [1.82, 2.24) is 8.80 Å². The molecule has 0 saturated heterocycles. The van der Waals surface area contributed by atoms with Gasteiger partial charge in [-0.25, -0.2) is 0 Å². The van der Waals surface area contributed by atoms with Crippen molar-refractivity contribution in [3.8, 4) is 0 Å². The smallest absolute Gasteiger partial charge is 0.0641 e. The zero-order valence-electron chi connectivity index (χ0n) is 47.5. The molecule has 0 saturated carbocycles. The highest BCUT2D eigenvalue weighted by molar-refractivity contribution is 6.32. The first-order valence-electron chi connectivity index (χ1n) is 27.4. The Morgan fingerprint density at radius 2 is 0.697 bits per heavy atom. The Hall–Kier alpha value is -7.82. The van der Waals surface area contributed by atoms with Crippen LogP contribution in [-0.4, -0.2) is 8.80 Å². The molecule has 0 atom stereocenters. The van der Waals surface area contributed by atoms with E-state index in [-0.39, 0.29) is 36.3 Å². The number of aromatic nitrogens is 2. The molecular weight excluding hydrogens is 801 g/mol. The molecule has 0 aliphatic heterocycles. The Labute approximate surface area is 398 Å². The first-order valence-corrected chi connectivity index (χ1v) is 22.4. The van der Waals surface area contributed by atoms with Crippen LogP contribution in [0.15, 0.2) is 194 Å². The van der Waals surface area contributed by atoms with E-state index in [9.17, 15) is 8.22 Å². The van der Waals surface area contributed by atoms with Crippen LogP contribution in [0.3, 0.4) is 0 Å². The Morgan fingerprint density at radius 3 is 1.02 bits per heavy atom. The summed E-state index contributed by atoms with van der Waals surface area (Å²) in [5.41, 5.74) is 9.16. The largest absolute Gasteiger partial charge is 0.310 e. The van der Waals surface area contributed by atoms with E-state index in [1.54, 1.807) is 48.5 Å². The number of nitrogens with zero attached hydrogens (tertiary/aromatic N) is 4. The van der Waals surface area contributed by atoms with Crippen LogP contribution in [0.2, 0.25) is 0 Å². The molecule has 13 rings (SSSR count). The predicted octanol–water partition coefficient (Wildman–Crippen LogP) is 17.5. The lowest BCUT2D eigenvalue weighted by molar-refractivity contribution is 0.594. The van der Waals surface area contributed by atoms with Gasteiger partial charge in [-0.2, -0.15) is 0 Å². The fraction of sp³-hybridized carbons (Fsp3) is 0.129. The van der Waals surface area contributed by atoms with Crippen molar-refractivity contribution in [1.29, 1.82) is 0 Å². The van der Waals surface area contributed by atoms with Crippen molar-refractivity contribution in [2.24, 2.45) is 0 Å². The number of anilines is 6. The maximum absolute atomic E-state index is 9.81. The molecule has 0 N–H and O–H groups in total. The van der Waals surface area contributed by atoms with Crippen LogP contribution in [0.25, 0.3) is 76.2 Å². The van der Waals surface area contributed by atoms with E-state index in [1.165, 1.54) is 0 Å². The minimum atomic E-state index is -0.644. The van der Waals surface area contributed by atoms with Gasteiger partial charge in [0.1, 0.15) is 0 Å². The summed E-state index contributed by atoms with van der Waals surface area (Å²) in [7, 11) is 0. The summed E-state index contributed by atoms with van der Waals surface area (Å²) in [6, 6.07) is 42.7. The van der Waals surface area contributed by atoms with Gasteiger partial charge in [0.2, 0.25) is 0 Å². The molecule has 0 aliphatic carbocycles. The first-order chi connectivity index (χ1) is 36.1. The van der Waals surface area contributed by atoms with Crippen LogP contribution >= 0.6 is 0 Å². The van der Waals surface area contributed by atoms with Crippen LogP contribution in [0.4, 0.5) is 34.1 Å². The summed E-state index contributed by atoms with van der Waals surface area (Å²) >= 11 is 0. The van der Waals surface area contributed by atoms with Crippen LogP contribution in [0.5, 0.6) is 0 Å². The van der Waals surface area contributed by atoms with Gasteiger partial charge in [-0.3, -0.25) is 0 Å². The van der Waals surface area contributed by atoms with E-state index in [4.69, 9.17) is 5.48 Å². The fourth-order valence-electron chi connectivity index (χ4n) is 10.7. The predicted molar refractivity (Wildman–Crippen MR) is 283 cm³/mol. The first kappa shape index (κ1) is 29.6. The van der Waals surface area contributed by atoms with Gasteiger partial charge >= 0.3 is 0 Å². The van der Waals surface area contributed by atoms with Crippen molar-refractivity contribution in [3.05, 3.63) is 205 Å². The minimum Gasteiger partial charge on any atom is -0.310 e. The SMILES string of the molecule is [2H]c1ccc(N(c2ccc([2H])cc2)c2ccc3c4cc5c(cc4n4c6c(C(C)(C)C)c([2H])c([2H])c([2H])c6c2c34)c2ccc(N(c3ccc([2H])cc3)c3ccc([2H])cc3)c3c4c([2H])c([2H])c([2H])c(C(C)(C)C)c4n5c23)cc1. The highest BCUT2D eigenvalue weighted by atomic mass is 15.2. The molecule has 0 amide bonds. The lowest BCUT2D eigenvalue weighted by Crippen LogP contribution is -2.12. The summed E-state index contributed by atoms with van der Waals surface area (Å²) in [5.74, 6) is 0. The number of fused-ring (bicyclic) bond motifs is 12. The molecule has 0 radical (unpaired) electrons. The van der Waals surface area contributed by atoms with E-state index in [2.05, 4.69) is 42.9 Å². The lowest BCUT2D eigenvalue weighted by Gasteiger charge is -2.26. The molecule has 318 valence electrons. The third kappa shape index (κ3) is 5.39. The minimum absolute atomic E-state index is 0.00412. The summed E-state index contributed by atoms with van der Waals surface area (Å²) in [6.45, 7) is 12.3. The molecule has 13 aromatic rings. The second-order valence-corrected chi connectivity index (χ2v) is 19.4. The molecule has 0 unspecified atom stereocenters. The zero-order valence-corrected chi connectivity index (χ0v) is 37.5. The van der Waals surface area contributed by atoms with Crippen molar-refractivity contribution in [2.45, 2.75) is 52.4 Å². The molecule has 66 heavy (non-hydrogen) atoms. The van der Waals surface area contributed by atoms with Crippen molar-refractivity contribution in [2.75, 3.05) is 9.80 Å². The maximum atomic E-state index is 9.81. The van der Waals surface area contributed by atoms with Crippen LogP contribution in [-0.2, 0) is 10.8 Å². The molecular formula is C62H50N4. The Morgan fingerprint density at radius 1 is 0.364 bits per heavy atom. The van der Waals surface area contributed by atoms with Crippen molar-refractivity contribution >= 4 is 110 Å². The average molecular weight is 861 g/mol. The molecule has 4 aromatic heterocycles. The summed E-state index contributed by atoms with van der Waals surface area (Å²) in [6.07, 6.45) is 0. The monoisotopic (exact) mass is 860 g/mol. The zero-order chi connectivity index (χ0) is 53.3. The Kier molecular flexibility index (Phi) is 6.21. The number of hydrogen-bond donors (Lipinski definition) is 0. The Balaban J connectivity index is 1.24. The quantitative estimate of drug-likeness (QED) is 0.165. The second kappa shape index (κ2) is 13.8. The van der Waals surface area contributed by atoms with E-state index in [1.807, 2.05) is 102 Å². The Bertz CT molecular complexity index is 4180. The third-order valence-corrected chi connectivity index (χ3v) is 13.4. The van der Waals surface area contributed by atoms with Crippen LogP contribution in [0.1, 0.15) is 66.4 Å². The van der Waals surface area contributed by atoms with Gasteiger partial charge in [0.05, 0.1) is 58.2 Å². The molecule has 0 aliphatic rings. The number of hydrogen-bond acceptors (Lipinski definition) is 2. The topological polar surface area (TPSA) is 15.3 Å². The van der Waals surface area contributed by atoms with E-state index >= 15 is 0 Å². The molecule has 4 heteroatoms. The molecule has 9 aromatic carbocycles.